The molecule has 10 nitrogen and oxygen atoms in total. The lowest BCUT2D eigenvalue weighted by molar-refractivity contribution is 0.0115. The fourth-order valence-electron chi connectivity index (χ4n) is 3.57. The van der Waals surface area contributed by atoms with Crippen LogP contribution in [-0.4, -0.2) is 61.9 Å². The van der Waals surface area contributed by atoms with Gasteiger partial charge in [0.15, 0.2) is 0 Å². The van der Waals surface area contributed by atoms with Gasteiger partial charge in [-0.1, -0.05) is 0 Å². The molecule has 10 heteroatoms. The summed E-state index contributed by atoms with van der Waals surface area (Å²) in [6.07, 6.45) is 10.9. The average molecular weight is 400 g/mol. The molecule has 1 aromatic rings. The number of piperidine rings is 1. The Balaban J connectivity index is 1.44. The van der Waals surface area contributed by atoms with Crippen LogP contribution in [-0.2, 0) is 11.8 Å². The fourth-order valence-corrected chi connectivity index (χ4v) is 3.57. The third-order valence-electron chi connectivity index (χ3n) is 4.82. The number of aliphatic imine (C=N–C) groups is 1. The maximum Gasteiger partial charge on any atom is 0.410 e. The predicted molar refractivity (Wildman–Crippen MR) is 109 cm³/mol. The first-order valence-electron chi connectivity index (χ1n) is 9.82. The highest BCUT2D eigenvalue weighted by Gasteiger charge is 2.35. The van der Waals surface area contributed by atoms with Crippen LogP contribution in [0.3, 0.4) is 0 Å². The number of amides is 1. The van der Waals surface area contributed by atoms with Crippen LogP contribution in [0.1, 0.15) is 33.6 Å². The van der Waals surface area contributed by atoms with Crippen molar-refractivity contribution in [1.29, 1.82) is 0 Å². The number of anilines is 1. The Labute approximate surface area is 170 Å². The van der Waals surface area contributed by atoms with Gasteiger partial charge in [-0.05, 0) is 33.6 Å². The van der Waals surface area contributed by atoms with Gasteiger partial charge in [-0.25, -0.2) is 14.8 Å². The van der Waals surface area contributed by atoms with E-state index in [1.165, 1.54) is 0 Å². The van der Waals surface area contributed by atoms with Crippen molar-refractivity contribution in [1.82, 2.24) is 30.1 Å². The summed E-state index contributed by atoms with van der Waals surface area (Å²) < 4.78 is 7.29. The molecule has 0 radical (unpaired) electrons. The van der Waals surface area contributed by atoms with E-state index >= 15 is 0 Å². The Morgan fingerprint density at radius 1 is 1.38 bits per heavy atom. The molecule has 4 rings (SSSR count). The van der Waals surface area contributed by atoms with Crippen LogP contribution < -0.4 is 10.9 Å². The van der Waals surface area contributed by atoms with Gasteiger partial charge >= 0.3 is 6.09 Å². The average Bonchev–Trinajstić information content (AvgIpc) is 3.26. The summed E-state index contributed by atoms with van der Waals surface area (Å²) in [5, 5.41) is 8.05. The maximum atomic E-state index is 12.5. The number of nitrogens with one attached hydrogen (secondary N) is 2. The number of carbonyl (C=O) groups excluding carboxylic acids is 1. The number of hydrogen-bond donors (Lipinski definition) is 2. The number of aryl methyl sites for hydroxylation is 1. The number of fused-ring (bicyclic) bond motifs is 1. The summed E-state index contributed by atoms with van der Waals surface area (Å²) in [5.41, 5.74) is 8.75. The minimum Gasteiger partial charge on any atom is -0.444 e. The second-order valence-electron chi connectivity index (χ2n) is 8.43. The summed E-state index contributed by atoms with van der Waals surface area (Å²) in [6.45, 7) is 6.98. The number of carbonyl (C=O) groups is 1. The normalized spacial score (nSPS) is 21.4. The number of hydrogen-bond acceptors (Lipinski definition) is 8. The van der Waals surface area contributed by atoms with Crippen molar-refractivity contribution in [2.24, 2.45) is 12.0 Å². The number of likely N-dealkylation sites (tertiary alicyclic amines) is 1. The number of hydrazine groups is 2. The first-order valence-corrected chi connectivity index (χ1v) is 9.82. The smallest absolute Gasteiger partial charge is 0.410 e. The van der Waals surface area contributed by atoms with Gasteiger partial charge in [0.05, 0.1) is 24.1 Å². The van der Waals surface area contributed by atoms with Crippen LogP contribution in [0.4, 0.5) is 10.5 Å². The van der Waals surface area contributed by atoms with Gasteiger partial charge in [-0.2, -0.15) is 5.10 Å². The number of rotatable bonds is 3. The van der Waals surface area contributed by atoms with E-state index < -0.39 is 5.60 Å². The van der Waals surface area contributed by atoms with E-state index in [4.69, 9.17) is 4.74 Å². The molecular weight excluding hydrogens is 372 g/mol. The lowest BCUT2D eigenvalue weighted by Crippen LogP contribution is -2.52. The summed E-state index contributed by atoms with van der Waals surface area (Å²) in [5.74, 6) is 0. The highest BCUT2D eigenvalue weighted by molar-refractivity contribution is 5.68. The molecule has 3 aliphatic rings. The molecule has 156 valence electrons. The lowest BCUT2D eigenvalue weighted by atomic mass is 10.0. The molecule has 1 atom stereocenters. The zero-order valence-corrected chi connectivity index (χ0v) is 17.3. The van der Waals surface area contributed by atoms with Crippen molar-refractivity contribution >= 4 is 18.1 Å². The van der Waals surface area contributed by atoms with E-state index in [9.17, 15) is 4.79 Å². The molecule has 1 amide bonds. The SMILES string of the molecule is Cn1cc(NN2C=NC3=CNN(C4CCCN(C(=O)OC(C)(C)C)C4)C3=C2)cn1. The van der Waals surface area contributed by atoms with Crippen molar-refractivity contribution in [2.45, 2.75) is 45.3 Å². The molecule has 0 bridgehead atoms. The molecule has 3 aliphatic heterocycles. The molecule has 1 fully saturated rings. The fraction of sp³-hybridized carbons (Fsp3) is 0.526. The predicted octanol–water partition coefficient (Wildman–Crippen LogP) is 1.99. The third-order valence-corrected chi connectivity index (χ3v) is 4.82. The highest BCUT2D eigenvalue weighted by atomic mass is 16.6. The van der Waals surface area contributed by atoms with Gasteiger partial charge in [-0.3, -0.25) is 15.1 Å². The summed E-state index contributed by atoms with van der Waals surface area (Å²) in [6, 6.07) is 0.129. The van der Waals surface area contributed by atoms with E-state index in [-0.39, 0.29) is 12.1 Å². The molecule has 0 saturated carbocycles. The molecule has 4 heterocycles. The van der Waals surface area contributed by atoms with Crippen molar-refractivity contribution in [3.8, 4) is 0 Å². The maximum absolute atomic E-state index is 12.5. The molecular formula is C19H28N8O2. The second kappa shape index (κ2) is 7.34. The first-order chi connectivity index (χ1) is 13.8. The van der Waals surface area contributed by atoms with Crippen molar-refractivity contribution < 1.29 is 9.53 Å². The summed E-state index contributed by atoms with van der Waals surface area (Å²) in [7, 11) is 1.87. The Bertz CT molecular complexity index is 866. The minimum absolute atomic E-state index is 0.129. The lowest BCUT2D eigenvalue weighted by Gasteiger charge is -2.39. The van der Waals surface area contributed by atoms with Crippen LogP contribution >= 0.6 is 0 Å². The molecule has 0 spiro atoms. The Kier molecular flexibility index (Phi) is 4.85. The van der Waals surface area contributed by atoms with Crippen LogP contribution in [0, 0.1) is 0 Å². The molecule has 0 aromatic carbocycles. The van der Waals surface area contributed by atoms with Crippen molar-refractivity contribution in [3.63, 3.8) is 0 Å². The van der Waals surface area contributed by atoms with Crippen LogP contribution in [0.5, 0.6) is 0 Å². The zero-order valence-electron chi connectivity index (χ0n) is 17.3. The van der Waals surface area contributed by atoms with Crippen LogP contribution in [0.25, 0.3) is 0 Å². The van der Waals surface area contributed by atoms with Gasteiger partial charge in [0.25, 0.3) is 0 Å². The monoisotopic (exact) mass is 400 g/mol. The van der Waals surface area contributed by atoms with E-state index in [0.29, 0.717) is 13.1 Å². The van der Waals surface area contributed by atoms with E-state index in [0.717, 1.165) is 29.9 Å². The molecule has 29 heavy (non-hydrogen) atoms. The van der Waals surface area contributed by atoms with Gasteiger partial charge < -0.3 is 15.1 Å². The number of ether oxygens (including phenoxy) is 1. The van der Waals surface area contributed by atoms with Gasteiger partial charge in [-0.15, -0.1) is 0 Å². The summed E-state index contributed by atoms with van der Waals surface area (Å²) >= 11 is 0. The third kappa shape index (κ3) is 4.30. The first kappa shape index (κ1) is 19.2. The van der Waals surface area contributed by atoms with Gasteiger partial charge in [0.1, 0.15) is 23.3 Å². The van der Waals surface area contributed by atoms with E-state index in [1.54, 1.807) is 27.1 Å². The standard InChI is InChI=1S/C19H28N8O2/c1-19(2,3)29-18(28)25-7-5-6-15(11-25)27-17-12-26(13-20-16(17)9-22-27)23-14-8-21-24(4)10-14/h8-10,12-13,15,22-23H,5-7,11H2,1-4H3. The largest absolute Gasteiger partial charge is 0.444 e. The topological polar surface area (TPSA) is 90.3 Å². The van der Waals surface area contributed by atoms with Crippen molar-refractivity contribution in [3.05, 3.63) is 36.2 Å². The Hall–Kier alpha value is -3.17. The van der Waals surface area contributed by atoms with Gasteiger partial charge in [0, 0.05) is 32.5 Å². The molecule has 1 unspecified atom stereocenters. The quantitative estimate of drug-likeness (QED) is 0.802. The molecule has 0 aliphatic carbocycles. The molecule has 1 aromatic heterocycles. The second-order valence-corrected chi connectivity index (χ2v) is 8.43. The van der Waals surface area contributed by atoms with Crippen LogP contribution in [0.2, 0.25) is 0 Å². The molecule has 2 N–H and O–H groups in total. The summed E-state index contributed by atoms with van der Waals surface area (Å²) in [4.78, 5) is 18.8. The Morgan fingerprint density at radius 3 is 2.93 bits per heavy atom. The minimum atomic E-state index is -0.496. The van der Waals surface area contributed by atoms with Crippen LogP contribution in [0.15, 0.2) is 41.2 Å². The number of nitrogens with zero attached hydrogens (tertiary/aromatic N) is 6. The highest BCUT2D eigenvalue weighted by Crippen LogP contribution is 2.29. The van der Waals surface area contributed by atoms with Crippen molar-refractivity contribution in [2.75, 3.05) is 18.5 Å². The van der Waals surface area contributed by atoms with E-state index in [2.05, 4.69) is 26.0 Å². The zero-order chi connectivity index (χ0) is 20.6. The molecule has 1 saturated heterocycles. The van der Waals surface area contributed by atoms with Gasteiger partial charge in [0.2, 0.25) is 0 Å². The Morgan fingerprint density at radius 2 is 2.21 bits per heavy atom. The van der Waals surface area contributed by atoms with E-state index in [1.807, 2.05) is 46.4 Å². The number of aromatic nitrogens is 2.